The monoisotopic (exact) mass is 527 g/mol. The summed E-state index contributed by atoms with van der Waals surface area (Å²) >= 11 is 6.31. The normalized spacial score (nSPS) is 13.9. The van der Waals surface area contributed by atoms with Crippen LogP contribution in [-0.4, -0.2) is 79.1 Å². The Balaban J connectivity index is 1.67. The lowest BCUT2D eigenvalue weighted by Gasteiger charge is -2.36. The van der Waals surface area contributed by atoms with Crippen molar-refractivity contribution < 1.29 is 14.5 Å². The molecule has 37 heavy (non-hydrogen) atoms. The number of pyridine rings is 1. The molecular formula is C26H30ClN5O5. The minimum absolute atomic E-state index is 0.124. The fourth-order valence-electron chi connectivity index (χ4n) is 4.70. The molecule has 2 aromatic carbocycles. The summed E-state index contributed by atoms with van der Waals surface area (Å²) in [5.41, 5.74) is 0.302. The number of halogens is 1. The van der Waals surface area contributed by atoms with Crippen molar-refractivity contribution in [2.24, 2.45) is 0 Å². The summed E-state index contributed by atoms with van der Waals surface area (Å²) in [6.07, 6.45) is 0.660. The first-order valence-electron chi connectivity index (χ1n) is 12.0. The van der Waals surface area contributed by atoms with E-state index in [1.807, 2.05) is 23.9 Å². The van der Waals surface area contributed by atoms with Gasteiger partial charge in [0.15, 0.2) is 0 Å². The maximum absolute atomic E-state index is 13.4. The van der Waals surface area contributed by atoms with Crippen LogP contribution in [0.3, 0.4) is 0 Å². The highest BCUT2D eigenvalue weighted by Gasteiger charge is 2.32. The second-order valence-electron chi connectivity index (χ2n) is 9.24. The number of anilines is 1. The van der Waals surface area contributed by atoms with Gasteiger partial charge in [0.25, 0.3) is 5.91 Å². The van der Waals surface area contributed by atoms with E-state index >= 15 is 0 Å². The SMILES string of the molecule is COc1ccc(C(=O)N2CCN(c3c([N+](=O)[O-])c(=O)n(CCCN(C)C)c4ccc(Cl)cc34)CC2)cc1. The van der Waals surface area contributed by atoms with Gasteiger partial charge in [-0.05, 0) is 69.5 Å². The van der Waals surface area contributed by atoms with Crippen molar-refractivity contribution in [2.75, 3.05) is 58.8 Å². The molecule has 196 valence electrons. The van der Waals surface area contributed by atoms with E-state index in [0.29, 0.717) is 66.4 Å². The molecule has 0 bridgehead atoms. The van der Waals surface area contributed by atoms with E-state index in [2.05, 4.69) is 0 Å². The van der Waals surface area contributed by atoms with Crippen molar-refractivity contribution in [3.63, 3.8) is 0 Å². The molecule has 11 heteroatoms. The third-order valence-corrected chi connectivity index (χ3v) is 6.80. The van der Waals surface area contributed by atoms with E-state index in [1.165, 1.54) is 4.57 Å². The molecule has 0 spiro atoms. The van der Waals surface area contributed by atoms with Crippen LogP contribution >= 0.6 is 11.6 Å². The molecule has 4 rings (SSSR count). The van der Waals surface area contributed by atoms with E-state index in [4.69, 9.17) is 16.3 Å². The number of piperazine rings is 1. The number of nitrogens with zero attached hydrogens (tertiary/aromatic N) is 5. The van der Waals surface area contributed by atoms with Crippen LogP contribution in [0.5, 0.6) is 5.75 Å². The van der Waals surface area contributed by atoms with Crippen LogP contribution in [0.2, 0.25) is 5.02 Å². The molecule has 1 aliphatic rings. The number of amides is 1. The Bertz CT molecular complexity index is 1360. The van der Waals surface area contributed by atoms with Crippen LogP contribution in [0.1, 0.15) is 16.8 Å². The molecule has 1 aromatic heterocycles. The van der Waals surface area contributed by atoms with Gasteiger partial charge < -0.3 is 24.0 Å². The molecule has 2 heterocycles. The maximum Gasteiger partial charge on any atom is 0.357 e. The predicted octanol–water partition coefficient (Wildman–Crippen LogP) is 3.49. The Kier molecular flexibility index (Phi) is 7.99. The van der Waals surface area contributed by atoms with Crippen LogP contribution in [-0.2, 0) is 6.54 Å². The summed E-state index contributed by atoms with van der Waals surface area (Å²) in [5, 5.41) is 13.2. The second-order valence-corrected chi connectivity index (χ2v) is 9.67. The molecule has 0 atom stereocenters. The van der Waals surface area contributed by atoms with Gasteiger partial charge in [-0.15, -0.1) is 0 Å². The van der Waals surface area contributed by atoms with Crippen LogP contribution in [0.4, 0.5) is 11.4 Å². The lowest BCUT2D eigenvalue weighted by molar-refractivity contribution is -0.385. The number of nitro groups is 1. The Morgan fingerprint density at radius 2 is 1.78 bits per heavy atom. The van der Waals surface area contributed by atoms with Gasteiger partial charge in [-0.1, -0.05) is 11.6 Å². The first-order valence-corrected chi connectivity index (χ1v) is 12.4. The van der Waals surface area contributed by atoms with Gasteiger partial charge in [0.1, 0.15) is 11.4 Å². The van der Waals surface area contributed by atoms with E-state index in [-0.39, 0.29) is 11.6 Å². The van der Waals surface area contributed by atoms with Gasteiger partial charge >= 0.3 is 11.2 Å². The van der Waals surface area contributed by atoms with E-state index < -0.39 is 16.2 Å². The number of fused-ring (bicyclic) bond motifs is 1. The summed E-state index contributed by atoms with van der Waals surface area (Å²) in [5.74, 6) is 0.539. The van der Waals surface area contributed by atoms with E-state index in [1.54, 1.807) is 54.5 Å². The van der Waals surface area contributed by atoms with Crippen molar-refractivity contribution >= 4 is 39.8 Å². The molecule has 1 aliphatic heterocycles. The number of methoxy groups -OCH3 is 1. The van der Waals surface area contributed by atoms with Gasteiger partial charge in [0.05, 0.1) is 17.5 Å². The highest BCUT2D eigenvalue weighted by molar-refractivity contribution is 6.31. The molecule has 0 N–H and O–H groups in total. The zero-order valence-corrected chi connectivity index (χ0v) is 21.9. The molecule has 1 amide bonds. The molecular weight excluding hydrogens is 498 g/mol. The molecule has 0 aliphatic carbocycles. The number of ether oxygens (including phenoxy) is 1. The van der Waals surface area contributed by atoms with Gasteiger partial charge in [-0.25, -0.2) is 0 Å². The minimum atomic E-state index is -0.634. The number of hydrogen-bond acceptors (Lipinski definition) is 7. The Labute approximate surface area is 219 Å². The second kappa shape index (κ2) is 11.2. The summed E-state index contributed by atoms with van der Waals surface area (Å²) in [7, 11) is 5.44. The number of rotatable bonds is 8. The van der Waals surface area contributed by atoms with Crippen molar-refractivity contribution in [2.45, 2.75) is 13.0 Å². The molecule has 0 radical (unpaired) electrons. The molecule has 1 saturated heterocycles. The Morgan fingerprint density at radius 1 is 1.11 bits per heavy atom. The summed E-state index contributed by atoms with van der Waals surface area (Å²) < 4.78 is 6.63. The van der Waals surface area contributed by atoms with E-state index in [0.717, 1.165) is 6.54 Å². The Morgan fingerprint density at radius 3 is 2.38 bits per heavy atom. The summed E-state index contributed by atoms with van der Waals surface area (Å²) in [4.78, 5) is 43.6. The summed E-state index contributed by atoms with van der Waals surface area (Å²) in [6.45, 7) is 2.48. The number of aromatic nitrogens is 1. The maximum atomic E-state index is 13.4. The lowest BCUT2D eigenvalue weighted by atomic mass is 10.1. The molecule has 0 unspecified atom stereocenters. The molecule has 3 aromatic rings. The first kappa shape index (κ1) is 26.4. The highest BCUT2D eigenvalue weighted by atomic mass is 35.5. The number of aryl methyl sites for hydroxylation is 1. The van der Waals surface area contributed by atoms with E-state index in [9.17, 15) is 19.7 Å². The van der Waals surface area contributed by atoms with Crippen LogP contribution in [0.15, 0.2) is 47.3 Å². The highest BCUT2D eigenvalue weighted by Crippen LogP contribution is 2.36. The molecule has 10 nitrogen and oxygen atoms in total. The summed E-state index contributed by atoms with van der Waals surface area (Å²) in [6, 6.07) is 12.0. The van der Waals surface area contributed by atoms with Gasteiger partial charge in [-0.2, -0.15) is 0 Å². The number of benzene rings is 2. The molecule has 1 fully saturated rings. The molecule has 0 saturated carbocycles. The van der Waals surface area contributed by atoms with Gasteiger partial charge in [-0.3, -0.25) is 19.7 Å². The zero-order valence-electron chi connectivity index (χ0n) is 21.1. The number of carbonyl (C=O) groups is 1. The van der Waals surface area contributed by atoms with Crippen molar-refractivity contribution in [3.05, 3.63) is 73.5 Å². The average Bonchev–Trinajstić information content (AvgIpc) is 2.89. The first-order chi connectivity index (χ1) is 17.7. The Hall–Kier alpha value is -3.63. The number of carbonyl (C=O) groups excluding carboxylic acids is 1. The number of hydrogen-bond donors (Lipinski definition) is 0. The van der Waals surface area contributed by atoms with Crippen LogP contribution in [0.25, 0.3) is 10.9 Å². The third kappa shape index (κ3) is 5.55. The van der Waals surface area contributed by atoms with Gasteiger partial charge in [0, 0.05) is 48.7 Å². The lowest BCUT2D eigenvalue weighted by Crippen LogP contribution is -2.49. The largest absolute Gasteiger partial charge is 0.497 e. The quantitative estimate of drug-likeness (QED) is 0.326. The topological polar surface area (TPSA) is 101 Å². The van der Waals surface area contributed by atoms with Crippen molar-refractivity contribution in [1.29, 1.82) is 0 Å². The van der Waals surface area contributed by atoms with Crippen LogP contribution < -0.4 is 15.2 Å². The van der Waals surface area contributed by atoms with Crippen molar-refractivity contribution in [1.82, 2.24) is 14.4 Å². The van der Waals surface area contributed by atoms with Crippen molar-refractivity contribution in [3.8, 4) is 5.75 Å². The van der Waals surface area contributed by atoms with Gasteiger partial charge in [0.2, 0.25) is 0 Å². The minimum Gasteiger partial charge on any atom is -0.497 e. The zero-order chi connectivity index (χ0) is 26.7. The average molecular weight is 528 g/mol. The fraction of sp³-hybridized carbons (Fsp3) is 0.385. The third-order valence-electron chi connectivity index (χ3n) is 6.57. The predicted molar refractivity (Wildman–Crippen MR) is 144 cm³/mol. The smallest absolute Gasteiger partial charge is 0.357 e. The van der Waals surface area contributed by atoms with Crippen LogP contribution in [0, 0.1) is 10.1 Å². The standard InChI is InChI=1S/C26H30ClN5O5/c1-28(2)11-4-12-31-22-10-7-19(27)17-21(22)23(24(26(31)34)32(35)36)29-13-15-30(16-14-29)25(33)18-5-8-20(37-3)9-6-18/h5-10,17H,4,11-16H2,1-3H3. The fourth-order valence-corrected chi connectivity index (χ4v) is 4.87.